The van der Waals surface area contributed by atoms with Crippen molar-refractivity contribution in [2.45, 2.75) is 33.1 Å². The summed E-state index contributed by atoms with van der Waals surface area (Å²) in [5.74, 6) is 0.259. The second-order valence-corrected chi connectivity index (χ2v) is 10.0. The van der Waals surface area contributed by atoms with Gasteiger partial charge in [-0.05, 0) is 36.4 Å². The highest BCUT2D eigenvalue weighted by Gasteiger charge is 2.22. The molecule has 2 aromatic carbocycles. The smallest absolute Gasteiger partial charge is 0.324 e. The van der Waals surface area contributed by atoms with E-state index in [9.17, 15) is 14.0 Å². The molecular formula is C28H26FN7O4. The fraction of sp³-hybridized carbons (Fsp3) is 0.179. The first-order valence-corrected chi connectivity index (χ1v) is 12.3. The zero-order valence-corrected chi connectivity index (χ0v) is 22.2. The number of anilines is 3. The van der Waals surface area contributed by atoms with E-state index >= 15 is 0 Å². The van der Waals surface area contributed by atoms with E-state index < -0.39 is 11.8 Å². The van der Waals surface area contributed by atoms with Crippen molar-refractivity contribution in [3.8, 4) is 17.2 Å². The van der Waals surface area contributed by atoms with Crippen LogP contribution in [0.5, 0.6) is 11.5 Å². The van der Waals surface area contributed by atoms with Crippen LogP contribution in [-0.2, 0) is 10.2 Å². The Hall–Kier alpha value is -5.26. The predicted molar refractivity (Wildman–Crippen MR) is 147 cm³/mol. The standard InChI is InChI=1S/C28H26FN7O4/c1-16(37)32-25-13-20(9-10-30-25)39-19-6-7-22(21(29)12-19)33-27(38)34-26-14-24(28(2,3)4)35-36(26)18-5-8-23-17(11-18)15-31-40-23/h5-15H,1-4H3,(H,30,32,37)(H2,33,34,38). The number of fused-ring (bicyclic) bond motifs is 1. The second kappa shape index (κ2) is 10.5. The largest absolute Gasteiger partial charge is 0.457 e. The maximum atomic E-state index is 14.9. The molecule has 0 spiro atoms. The van der Waals surface area contributed by atoms with Crippen LogP contribution in [0.25, 0.3) is 16.7 Å². The van der Waals surface area contributed by atoms with Gasteiger partial charge in [0, 0.05) is 42.1 Å². The van der Waals surface area contributed by atoms with Crippen LogP contribution in [0.4, 0.5) is 26.5 Å². The Morgan fingerprint density at radius 2 is 1.77 bits per heavy atom. The molecule has 204 valence electrons. The quantitative estimate of drug-likeness (QED) is 0.231. The average molecular weight is 544 g/mol. The lowest BCUT2D eigenvalue weighted by atomic mass is 9.92. The molecule has 0 unspecified atom stereocenters. The summed E-state index contributed by atoms with van der Waals surface area (Å²) >= 11 is 0. The summed E-state index contributed by atoms with van der Waals surface area (Å²) in [4.78, 5) is 28.2. The Labute approximate surface area is 228 Å². The number of rotatable bonds is 6. The van der Waals surface area contributed by atoms with E-state index in [-0.39, 0.29) is 22.8 Å². The summed E-state index contributed by atoms with van der Waals surface area (Å²) in [6, 6.07) is 13.6. The minimum atomic E-state index is -0.703. The zero-order valence-electron chi connectivity index (χ0n) is 22.2. The van der Waals surface area contributed by atoms with Crippen molar-refractivity contribution in [1.82, 2.24) is 19.9 Å². The number of aromatic nitrogens is 4. The SMILES string of the molecule is CC(=O)Nc1cc(Oc2ccc(NC(=O)Nc3cc(C(C)(C)C)nn3-c3ccc4oncc4c3)c(F)c2)ccn1. The lowest BCUT2D eigenvalue weighted by molar-refractivity contribution is -0.114. The first-order valence-electron chi connectivity index (χ1n) is 12.3. The number of nitrogens with zero attached hydrogens (tertiary/aromatic N) is 4. The molecule has 5 rings (SSSR count). The number of hydrogen-bond donors (Lipinski definition) is 3. The Kier molecular flexibility index (Phi) is 6.91. The molecule has 3 amide bonds. The molecule has 12 heteroatoms. The number of carbonyl (C=O) groups is 2. The summed E-state index contributed by atoms with van der Waals surface area (Å²) in [7, 11) is 0. The third-order valence-electron chi connectivity index (χ3n) is 5.76. The van der Waals surface area contributed by atoms with Crippen molar-refractivity contribution in [2.24, 2.45) is 0 Å². The molecule has 40 heavy (non-hydrogen) atoms. The van der Waals surface area contributed by atoms with E-state index in [0.717, 1.165) is 17.1 Å². The van der Waals surface area contributed by atoms with Crippen LogP contribution in [0.1, 0.15) is 33.4 Å². The number of pyridine rings is 1. The van der Waals surface area contributed by atoms with Crippen LogP contribution < -0.4 is 20.7 Å². The molecule has 0 saturated heterocycles. The molecule has 3 aromatic heterocycles. The van der Waals surface area contributed by atoms with Crippen molar-refractivity contribution < 1.29 is 23.2 Å². The molecule has 0 fully saturated rings. The third-order valence-corrected chi connectivity index (χ3v) is 5.76. The normalized spacial score (nSPS) is 11.3. The Bertz CT molecular complexity index is 1720. The lowest BCUT2D eigenvalue weighted by Crippen LogP contribution is -2.22. The van der Waals surface area contributed by atoms with E-state index in [1.165, 1.54) is 31.3 Å². The maximum Gasteiger partial charge on any atom is 0.324 e. The minimum Gasteiger partial charge on any atom is -0.457 e. The van der Waals surface area contributed by atoms with Crippen LogP contribution in [0.15, 0.2) is 71.5 Å². The van der Waals surface area contributed by atoms with Crippen LogP contribution in [0.2, 0.25) is 0 Å². The highest BCUT2D eigenvalue weighted by Crippen LogP contribution is 2.29. The molecule has 0 aliphatic rings. The van der Waals surface area contributed by atoms with Crippen molar-refractivity contribution in [3.05, 3.63) is 78.5 Å². The van der Waals surface area contributed by atoms with Crippen molar-refractivity contribution >= 4 is 40.2 Å². The average Bonchev–Trinajstić information content (AvgIpc) is 3.52. The molecule has 0 atom stereocenters. The number of urea groups is 1. The van der Waals surface area contributed by atoms with Crippen molar-refractivity contribution in [2.75, 3.05) is 16.0 Å². The van der Waals surface area contributed by atoms with Gasteiger partial charge in [-0.2, -0.15) is 5.10 Å². The second-order valence-electron chi connectivity index (χ2n) is 10.0. The summed E-state index contributed by atoms with van der Waals surface area (Å²) in [6.07, 6.45) is 3.05. The van der Waals surface area contributed by atoms with Gasteiger partial charge in [-0.3, -0.25) is 10.1 Å². The molecule has 0 bridgehead atoms. The van der Waals surface area contributed by atoms with Crippen LogP contribution in [-0.4, -0.2) is 31.9 Å². The number of ether oxygens (including phenoxy) is 1. The molecule has 0 radical (unpaired) electrons. The number of carbonyl (C=O) groups excluding carboxylic acids is 2. The first kappa shape index (κ1) is 26.4. The third kappa shape index (κ3) is 5.90. The molecule has 0 aliphatic heterocycles. The Balaban J connectivity index is 1.33. The Morgan fingerprint density at radius 1 is 0.975 bits per heavy atom. The number of amides is 3. The van der Waals surface area contributed by atoms with E-state index in [4.69, 9.17) is 14.4 Å². The van der Waals surface area contributed by atoms with Gasteiger partial charge in [0.1, 0.15) is 29.0 Å². The Morgan fingerprint density at radius 3 is 2.52 bits per heavy atom. The van der Waals surface area contributed by atoms with Crippen LogP contribution >= 0.6 is 0 Å². The van der Waals surface area contributed by atoms with Gasteiger partial charge in [0.2, 0.25) is 5.91 Å². The molecule has 5 aromatic rings. The number of halogens is 1. The molecule has 3 N–H and O–H groups in total. The predicted octanol–water partition coefficient (Wildman–Crippen LogP) is 6.24. The van der Waals surface area contributed by atoms with Crippen molar-refractivity contribution in [1.29, 1.82) is 0 Å². The van der Waals surface area contributed by atoms with Gasteiger partial charge in [0.15, 0.2) is 5.58 Å². The zero-order chi connectivity index (χ0) is 28.4. The van der Waals surface area contributed by atoms with Crippen molar-refractivity contribution in [3.63, 3.8) is 0 Å². The summed E-state index contributed by atoms with van der Waals surface area (Å²) < 4.78 is 27.4. The van der Waals surface area contributed by atoms with Crippen LogP contribution in [0.3, 0.4) is 0 Å². The molecule has 0 aliphatic carbocycles. The van der Waals surface area contributed by atoms with E-state index in [1.807, 2.05) is 26.8 Å². The number of nitrogens with one attached hydrogen (secondary N) is 3. The van der Waals surface area contributed by atoms with Gasteiger partial charge < -0.3 is 19.9 Å². The van der Waals surface area contributed by atoms with Crippen LogP contribution in [0, 0.1) is 5.82 Å². The summed E-state index contributed by atoms with van der Waals surface area (Å²) in [6.45, 7) is 7.40. The lowest BCUT2D eigenvalue weighted by Gasteiger charge is -2.14. The van der Waals surface area contributed by atoms with E-state index in [1.54, 1.807) is 35.1 Å². The van der Waals surface area contributed by atoms with Gasteiger partial charge in [-0.1, -0.05) is 25.9 Å². The molecule has 3 heterocycles. The first-order chi connectivity index (χ1) is 19.0. The fourth-order valence-electron chi connectivity index (χ4n) is 3.82. The topological polar surface area (TPSA) is 136 Å². The highest BCUT2D eigenvalue weighted by atomic mass is 19.1. The fourth-order valence-corrected chi connectivity index (χ4v) is 3.82. The van der Waals surface area contributed by atoms with Gasteiger partial charge in [0.05, 0.1) is 23.3 Å². The number of benzene rings is 2. The monoisotopic (exact) mass is 543 g/mol. The van der Waals surface area contributed by atoms with E-state index in [0.29, 0.717) is 28.7 Å². The highest BCUT2D eigenvalue weighted by molar-refractivity contribution is 5.99. The minimum absolute atomic E-state index is 0.0495. The summed E-state index contributed by atoms with van der Waals surface area (Å²) in [5, 5.41) is 17.1. The van der Waals surface area contributed by atoms with Gasteiger partial charge in [0.25, 0.3) is 0 Å². The van der Waals surface area contributed by atoms with Gasteiger partial charge in [-0.15, -0.1) is 0 Å². The summed E-state index contributed by atoms with van der Waals surface area (Å²) in [5.41, 5.74) is 1.72. The van der Waals surface area contributed by atoms with Gasteiger partial charge in [-0.25, -0.2) is 18.9 Å². The number of hydrogen-bond acceptors (Lipinski definition) is 7. The van der Waals surface area contributed by atoms with E-state index in [2.05, 4.69) is 26.1 Å². The molecule has 0 saturated carbocycles. The van der Waals surface area contributed by atoms with Gasteiger partial charge >= 0.3 is 6.03 Å². The maximum absolute atomic E-state index is 14.9. The molecule has 11 nitrogen and oxygen atoms in total. The molecular weight excluding hydrogens is 517 g/mol.